The van der Waals surface area contributed by atoms with E-state index in [1.165, 1.54) is 17.4 Å². The number of rotatable bonds is 7. The van der Waals surface area contributed by atoms with E-state index in [2.05, 4.69) is 0 Å². The first-order chi connectivity index (χ1) is 21.4. The van der Waals surface area contributed by atoms with Gasteiger partial charge in [0.2, 0.25) is 10.0 Å². The highest BCUT2D eigenvalue weighted by Crippen LogP contribution is 2.42. The van der Waals surface area contributed by atoms with Crippen LogP contribution in [0.25, 0.3) is 33.2 Å². The fraction of sp³-hybridized carbons (Fsp3) is 0.314. The largest absolute Gasteiger partial charge is 0.455 e. The highest BCUT2D eigenvalue weighted by atomic mass is 32.2. The molecule has 1 amide bonds. The summed E-state index contributed by atoms with van der Waals surface area (Å²) in [5.41, 5.74) is 4.88. The molecule has 2 aromatic heterocycles. The minimum atomic E-state index is -3.66. The minimum Gasteiger partial charge on any atom is -0.455 e. The molecule has 1 fully saturated rings. The molecule has 0 spiro atoms. The van der Waals surface area contributed by atoms with Gasteiger partial charge in [-0.2, -0.15) is 0 Å². The number of ketones is 1. The second-order valence-corrected chi connectivity index (χ2v) is 14.0. The third-order valence-electron chi connectivity index (χ3n) is 8.99. The number of Topliss-reactive ketones (excluding diaryl/α,β-unsaturated/α-hetero) is 1. The number of nitrogens with zero attached hydrogens (tertiary/aromatic N) is 3. The molecule has 0 unspecified atom stereocenters. The number of furan rings is 1. The molecule has 6 rings (SSSR count). The van der Waals surface area contributed by atoms with E-state index in [9.17, 15) is 22.4 Å². The molecule has 3 aromatic carbocycles. The minimum absolute atomic E-state index is 0.0806. The molecule has 8 nitrogen and oxygen atoms in total. The Kier molecular flexibility index (Phi) is 7.81. The van der Waals surface area contributed by atoms with Gasteiger partial charge in [0.1, 0.15) is 22.9 Å². The molecule has 3 heterocycles. The van der Waals surface area contributed by atoms with Crippen molar-refractivity contribution in [3.63, 3.8) is 0 Å². The quantitative estimate of drug-likeness (QED) is 0.180. The first kappa shape index (κ1) is 30.6. The lowest BCUT2D eigenvalue weighted by atomic mass is 9.87. The van der Waals surface area contributed by atoms with Gasteiger partial charge in [-0.05, 0) is 49.6 Å². The van der Waals surface area contributed by atoms with Gasteiger partial charge in [0, 0.05) is 61.9 Å². The summed E-state index contributed by atoms with van der Waals surface area (Å²) in [6, 6.07) is 17.7. The number of anilines is 1. The zero-order chi connectivity index (χ0) is 32.2. The predicted molar refractivity (Wildman–Crippen MR) is 175 cm³/mol. The summed E-state index contributed by atoms with van der Waals surface area (Å²) < 4.78 is 49.5. The zero-order valence-corrected chi connectivity index (χ0v) is 26.9. The first-order valence-corrected chi connectivity index (χ1v) is 16.9. The van der Waals surface area contributed by atoms with Crippen LogP contribution in [0.3, 0.4) is 0 Å². The average molecular weight is 630 g/mol. The third kappa shape index (κ3) is 5.41. The van der Waals surface area contributed by atoms with E-state index in [4.69, 9.17) is 4.42 Å². The summed E-state index contributed by atoms with van der Waals surface area (Å²) >= 11 is 0. The Balaban J connectivity index is 1.47. The lowest BCUT2D eigenvalue weighted by molar-refractivity contribution is 0.0698. The number of fused-ring (bicyclic) bond motifs is 2. The molecule has 45 heavy (non-hydrogen) atoms. The Labute approximate surface area is 262 Å². The maximum atomic E-state index is 14.5. The number of aromatic nitrogens is 1. The van der Waals surface area contributed by atoms with E-state index >= 15 is 0 Å². The molecule has 0 saturated carbocycles. The third-order valence-corrected chi connectivity index (χ3v) is 10.2. The van der Waals surface area contributed by atoms with Gasteiger partial charge in [-0.3, -0.25) is 13.9 Å². The maximum Gasteiger partial charge on any atom is 0.270 e. The van der Waals surface area contributed by atoms with E-state index in [0.29, 0.717) is 70.5 Å². The van der Waals surface area contributed by atoms with Crippen molar-refractivity contribution < 1.29 is 26.8 Å². The standard InChI is InChI=1S/C35H36FN3O5S/c1-6-31(40)33-26-17-24(29(38(4)45(5,42)43)19-32(26)44-34(33)22-14-12-21(2)13-15-22)23-9-8-16-39(20-23)35(41)30-18-25-27(36)10-7-11-28(25)37(30)3/h7,10-15,17-19,23H,6,8-9,16,20H2,1-5H3/t23-/m0/s1. The highest BCUT2D eigenvalue weighted by molar-refractivity contribution is 7.92. The van der Waals surface area contributed by atoms with E-state index in [1.54, 1.807) is 47.7 Å². The van der Waals surface area contributed by atoms with Crippen LogP contribution in [0.4, 0.5) is 10.1 Å². The highest BCUT2D eigenvalue weighted by Gasteiger charge is 2.32. The predicted octanol–water partition coefficient (Wildman–Crippen LogP) is 7.05. The van der Waals surface area contributed by atoms with Crippen LogP contribution in [0.5, 0.6) is 0 Å². The number of halogens is 1. The van der Waals surface area contributed by atoms with Gasteiger partial charge in [-0.15, -0.1) is 0 Å². The number of carbonyl (C=O) groups is 2. The van der Waals surface area contributed by atoms with Crippen LogP contribution in [0.15, 0.2) is 65.1 Å². The smallest absolute Gasteiger partial charge is 0.270 e. The van der Waals surface area contributed by atoms with Crippen molar-refractivity contribution in [3.8, 4) is 11.3 Å². The number of hydrogen-bond donors (Lipinski definition) is 0. The summed E-state index contributed by atoms with van der Waals surface area (Å²) in [4.78, 5) is 29.0. The summed E-state index contributed by atoms with van der Waals surface area (Å²) in [5.74, 6) is -0.458. The van der Waals surface area contributed by atoms with Gasteiger partial charge < -0.3 is 13.9 Å². The van der Waals surface area contributed by atoms with Crippen molar-refractivity contribution in [2.45, 2.75) is 39.0 Å². The fourth-order valence-corrected chi connectivity index (χ4v) is 6.91. The summed E-state index contributed by atoms with van der Waals surface area (Å²) in [6.45, 7) is 4.63. The number of hydrogen-bond acceptors (Lipinski definition) is 5. The number of benzene rings is 3. The van der Waals surface area contributed by atoms with E-state index in [-0.39, 0.29) is 29.8 Å². The van der Waals surface area contributed by atoms with Gasteiger partial charge in [-0.1, -0.05) is 42.8 Å². The van der Waals surface area contributed by atoms with Crippen LogP contribution in [0, 0.1) is 12.7 Å². The number of likely N-dealkylation sites (tertiary alicyclic amines) is 1. The van der Waals surface area contributed by atoms with Crippen molar-refractivity contribution >= 4 is 49.3 Å². The van der Waals surface area contributed by atoms with Crippen LogP contribution in [0.2, 0.25) is 0 Å². The summed E-state index contributed by atoms with van der Waals surface area (Å²) in [5, 5.41) is 1.00. The Morgan fingerprint density at radius 1 is 1.07 bits per heavy atom. The normalized spacial score (nSPS) is 15.6. The summed E-state index contributed by atoms with van der Waals surface area (Å²) in [6.07, 6.45) is 2.81. The van der Waals surface area contributed by atoms with Crippen LogP contribution < -0.4 is 4.31 Å². The van der Waals surface area contributed by atoms with Gasteiger partial charge in [0.25, 0.3) is 5.91 Å². The lowest BCUT2D eigenvalue weighted by Gasteiger charge is -2.35. The number of aryl methyl sites for hydroxylation is 2. The molecule has 1 atom stereocenters. The van der Waals surface area contributed by atoms with Gasteiger partial charge in [0.15, 0.2) is 5.78 Å². The SMILES string of the molecule is CCC(=O)c1c(-c2ccc(C)cc2)oc2cc(N(C)S(C)(=O)=O)c([C@H]3CCCN(C(=O)c4cc5c(F)cccc5n4C)C3)cc12. The molecular weight excluding hydrogens is 593 g/mol. The first-order valence-electron chi connectivity index (χ1n) is 15.1. The Hall–Kier alpha value is -4.44. The van der Waals surface area contributed by atoms with Crippen molar-refractivity contribution in [1.82, 2.24) is 9.47 Å². The summed E-state index contributed by atoms with van der Waals surface area (Å²) in [7, 11) is -0.411. The molecule has 0 N–H and O–H groups in total. The topological polar surface area (TPSA) is 92.8 Å². The molecule has 0 aliphatic carbocycles. The number of piperidine rings is 1. The van der Waals surface area contributed by atoms with Gasteiger partial charge in [-0.25, -0.2) is 12.8 Å². The molecular formula is C35H36FN3O5S. The van der Waals surface area contributed by atoms with E-state index in [0.717, 1.165) is 22.9 Å². The molecule has 10 heteroatoms. The molecule has 1 saturated heterocycles. The molecule has 1 aliphatic rings. The molecule has 234 valence electrons. The van der Waals surface area contributed by atoms with Crippen LogP contribution >= 0.6 is 0 Å². The number of sulfonamides is 1. The molecule has 5 aromatic rings. The van der Waals surface area contributed by atoms with Crippen molar-refractivity contribution in [2.75, 3.05) is 30.7 Å². The van der Waals surface area contributed by atoms with Crippen molar-refractivity contribution in [2.24, 2.45) is 7.05 Å². The Bertz CT molecular complexity index is 2080. The Morgan fingerprint density at radius 2 is 1.80 bits per heavy atom. The van der Waals surface area contributed by atoms with E-state index < -0.39 is 10.0 Å². The average Bonchev–Trinajstić information content (AvgIpc) is 3.57. The zero-order valence-electron chi connectivity index (χ0n) is 26.1. The second-order valence-electron chi connectivity index (χ2n) is 11.9. The van der Waals surface area contributed by atoms with Crippen LogP contribution in [-0.4, -0.2) is 56.0 Å². The molecule has 0 radical (unpaired) electrons. The van der Waals surface area contributed by atoms with Crippen LogP contribution in [0.1, 0.15) is 64.1 Å². The van der Waals surface area contributed by atoms with Crippen LogP contribution in [-0.2, 0) is 17.1 Å². The van der Waals surface area contributed by atoms with Gasteiger partial charge in [0.05, 0.1) is 23.0 Å². The Morgan fingerprint density at radius 3 is 2.47 bits per heavy atom. The van der Waals surface area contributed by atoms with E-state index in [1.807, 2.05) is 37.3 Å². The maximum absolute atomic E-state index is 14.5. The molecule has 1 aliphatic heterocycles. The number of carbonyl (C=O) groups excluding carboxylic acids is 2. The number of amides is 1. The van der Waals surface area contributed by atoms with Crippen molar-refractivity contribution in [3.05, 3.63) is 88.9 Å². The molecule has 0 bridgehead atoms. The second kappa shape index (κ2) is 11.5. The lowest BCUT2D eigenvalue weighted by Crippen LogP contribution is -2.40. The van der Waals surface area contributed by atoms with Gasteiger partial charge >= 0.3 is 0 Å². The van der Waals surface area contributed by atoms with Crippen molar-refractivity contribution in [1.29, 1.82) is 0 Å². The fourth-order valence-electron chi connectivity index (χ4n) is 6.40. The monoisotopic (exact) mass is 629 g/mol.